The van der Waals surface area contributed by atoms with Crippen LogP contribution in [0.1, 0.15) is 31.4 Å². The predicted octanol–water partition coefficient (Wildman–Crippen LogP) is 3.56. The monoisotopic (exact) mass is 264 g/mol. The Morgan fingerprint density at radius 3 is 2.50 bits per heavy atom. The Morgan fingerprint density at radius 2 is 1.93 bits per heavy atom. The quantitative estimate of drug-likeness (QED) is 0.828. The second-order valence-electron chi connectivity index (χ2n) is 3.09. The highest BCUT2D eigenvalue weighted by Crippen LogP contribution is 2.28. The van der Waals surface area contributed by atoms with E-state index in [4.69, 9.17) is 0 Å². The molecule has 0 saturated heterocycles. The molecular weight excluding hydrogens is 254 g/mol. The molecule has 1 rings (SSSR count). The van der Waals surface area contributed by atoms with Crippen LogP contribution in [0.5, 0.6) is 0 Å². The lowest BCUT2D eigenvalue weighted by atomic mass is 10.1. The molecule has 1 aromatic rings. The van der Waals surface area contributed by atoms with E-state index in [2.05, 4.69) is 15.9 Å². The second kappa shape index (κ2) is 4.84. The summed E-state index contributed by atoms with van der Waals surface area (Å²) >= 11 is 3.09. The van der Waals surface area contributed by atoms with Crippen molar-refractivity contribution in [3.05, 3.63) is 33.8 Å². The van der Waals surface area contributed by atoms with Crippen molar-refractivity contribution in [2.75, 3.05) is 0 Å². The summed E-state index contributed by atoms with van der Waals surface area (Å²) in [4.78, 5) is 0. The third-order valence-electron chi connectivity index (χ3n) is 1.96. The first-order valence-electron chi connectivity index (χ1n) is 4.38. The number of rotatable bonds is 3. The van der Waals surface area contributed by atoms with Crippen molar-refractivity contribution in [2.45, 2.75) is 25.9 Å². The topological polar surface area (TPSA) is 20.2 Å². The summed E-state index contributed by atoms with van der Waals surface area (Å²) in [5.74, 6) is -1.84. The fourth-order valence-corrected chi connectivity index (χ4v) is 1.80. The zero-order chi connectivity index (χ0) is 10.7. The van der Waals surface area contributed by atoms with Gasteiger partial charge >= 0.3 is 0 Å². The summed E-state index contributed by atoms with van der Waals surface area (Å²) in [6, 6.07) is 2.06. The second-order valence-corrected chi connectivity index (χ2v) is 3.95. The fraction of sp³-hybridized carbons (Fsp3) is 0.400. The SMILES string of the molecule is CCC[C@@H](O)c1cc(F)c(F)cc1Br. The van der Waals surface area contributed by atoms with Crippen molar-refractivity contribution in [1.29, 1.82) is 0 Å². The van der Waals surface area contributed by atoms with Crippen LogP contribution in [-0.4, -0.2) is 5.11 Å². The number of aliphatic hydroxyl groups is 1. The Morgan fingerprint density at radius 1 is 1.36 bits per heavy atom. The van der Waals surface area contributed by atoms with Gasteiger partial charge in [-0.15, -0.1) is 0 Å². The van der Waals surface area contributed by atoms with Crippen molar-refractivity contribution in [3.63, 3.8) is 0 Å². The van der Waals surface area contributed by atoms with Crippen LogP contribution in [-0.2, 0) is 0 Å². The van der Waals surface area contributed by atoms with E-state index in [1.807, 2.05) is 6.92 Å². The van der Waals surface area contributed by atoms with E-state index in [0.29, 0.717) is 16.5 Å². The first-order chi connectivity index (χ1) is 6.56. The maximum absolute atomic E-state index is 12.9. The molecule has 1 aromatic carbocycles. The van der Waals surface area contributed by atoms with Gasteiger partial charge in [-0.05, 0) is 24.1 Å². The van der Waals surface area contributed by atoms with Gasteiger partial charge in [0, 0.05) is 4.47 Å². The van der Waals surface area contributed by atoms with E-state index in [9.17, 15) is 13.9 Å². The summed E-state index contributed by atoms with van der Waals surface area (Å²) in [5, 5.41) is 9.60. The Labute approximate surface area is 89.9 Å². The molecule has 1 nitrogen and oxygen atoms in total. The molecule has 0 fully saturated rings. The molecule has 0 aliphatic heterocycles. The molecule has 0 radical (unpaired) electrons. The minimum atomic E-state index is -0.932. The van der Waals surface area contributed by atoms with Gasteiger partial charge in [0.15, 0.2) is 11.6 Å². The summed E-state index contributed by atoms with van der Waals surface area (Å²) < 4.78 is 26.0. The molecule has 0 amide bonds. The minimum Gasteiger partial charge on any atom is -0.388 e. The minimum absolute atomic E-state index is 0.394. The van der Waals surface area contributed by atoms with Crippen LogP contribution in [0.4, 0.5) is 8.78 Å². The fourth-order valence-electron chi connectivity index (χ4n) is 1.22. The van der Waals surface area contributed by atoms with Crippen molar-refractivity contribution >= 4 is 15.9 Å². The average molecular weight is 265 g/mol. The molecule has 1 N–H and O–H groups in total. The van der Waals surface area contributed by atoms with Gasteiger partial charge in [-0.25, -0.2) is 8.78 Å². The van der Waals surface area contributed by atoms with Crippen molar-refractivity contribution in [2.24, 2.45) is 0 Å². The molecule has 0 aliphatic rings. The summed E-state index contributed by atoms with van der Waals surface area (Å²) in [6.45, 7) is 1.91. The smallest absolute Gasteiger partial charge is 0.159 e. The molecule has 0 aliphatic carbocycles. The molecule has 0 spiro atoms. The average Bonchev–Trinajstić information content (AvgIpc) is 2.11. The van der Waals surface area contributed by atoms with Gasteiger partial charge in [0.25, 0.3) is 0 Å². The van der Waals surface area contributed by atoms with Gasteiger partial charge in [-0.3, -0.25) is 0 Å². The van der Waals surface area contributed by atoms with Crippen LogP contribution in [0.2, 0.25) is 0 Å². The van der Waals surface area contributed by atoms with E-state index in [0.717, 1.165) is 18.6 Å². The number of hydrogen-bond acceptors (Lipinski definition) is 1. The van der Waals surface area contributed by atoms with Crippen LogP contribution in [0.25, 0.3) is 0 Å². The summed E-state index contributed by atoms with van der Waals surface area (Å²) in [5.41, 5.74) is 0.394. The third kappa shape index (κ3) is 2.51. The zero-order valence-corrected chi connectivity index (χ0v) is 9.31. The molecule has 4 heteroatoms. The zero-order valence-electron chi connectivity index (χ0n) is 7.73. The van der Waals surface area contributed by atoms with E-state index in [-0.39, 0.29) is 0 Å². The first-order valence-corrected chi connectivity index (χ1v) is 5.18. The van der Waals surface area contributed by atoms with Crippen LogP contribution in [0.15, 0.2) is 16.6 Å². The van der Waals surface area contributed by atoms with Crippen LogP contribution < -0.4 is 0 Å². The molecule has 0 heterocycles. The molecule has 0 unspecified atom stereocenters. The highest BCUT2D eigenvalue weighted by Gasteiger charge is 2.14. The Kier molecular flexibility index (Phi) is 4.01. The van der Waals surface area contributed by atoms with E-state index < -0.39 is 17.7 Å². The van der Waals surface area contributed by atoms with Gasteiger partial charge in [-0.1, -0.05) is 29.3 Å². The lowest BCUT2D eigenvalue weighted by Crippen LogP contribution is -2.00. The number of halogens is 3. The maximum atomic E-state index is 12.9. The van der Waals surface area contributed by atoms with E-state index in [1.54, 1.807) is 0 Å². The summed E-state index contributed by atoms with van der Waals surface area (Å²) in [6.07, 6.45) is 0.570. The van der Waals surface area contributed by atoms with Crippen molar-refractivity contribution in [3.8, 4) is 0 Å². The van der Waals surface area contributed by atoms with Gasteiger partial charge < -0.3 is 5.11 Å². The summed E-state index contributed by atoms with van der Waals surface area (Å²) in [7, 11) is 0. The lowest BCUT2D eigenvalue weighted by molar-refractivity contribution is 0.165. The van der Waals surface area contributed by atoms with Crippen LogP contribution >= 0.6 is 15.9 Å². The highest BCUT2D eigenvalue weighted by atomic mass is 79.9. The van der Waals surface area contributed by atoms with Crippen LogP contribution in [0, 0.1) is 11.6 Å². The molecule has 14 heavy (non-hydrogen) atoms. The highest BCUT2D eigenvalue weighted by molar-refractivity contribution is 9.10. The van der Waals surface area contributed by atoms with Gasteiger partial charge in [0.1, 0.15) is 0 Å². The Bertz CT molecular complexity index is 328. The van der Waals surface area contributed by atoms with Crippen molar-refractivity contribution < 1.29 is 13.9 Å². The van der Waals surface area contributed by atoms with Gasteiger partial charge in [0.05, 0.1) is 6.10 Å². The number of aliphatic hydroxyl groups excluding tert-OH is 1. The van der Waals surface area contributed by atoms with Crippen LogP contribution in [0.3, 0.4) is 0 Å². The lowest BCUT2D eigenvalue weighted by Gasteiger charge is -2.11. The molecule has 0 bridgehead atoms. The first kappa shape index (κ1) is 11.6. The molecule has 0 saturated carbocycles. The maximum Gasteiger partial charge on any atom is 0.159 e. The molecule has 0 aromatic heterocycles. The molecule has 1 atom stereocenters. The Hall–Kier alpha value is -0.480. The normalized spacial score (nSPS) is 12.9. The van der Waals surface area contributed by atoms with Gasteiger partial charge in [-0.2, -0.15) is 0 Å². The predicted molar refractivity (Wildman–Crippen MR) is 53.9 cm³/mol. The molecular formula is C10H11BrF2O. The third-order valence-corrected chi connectivity index (χ3v) is 2.65. The number of benzene rings is 1. The molecule has 78 valence electrons. The van der Waals surface area contributed by atoms with E-state index in [1.165, 1.54) is 0 Å². The van der Waals surface area contributed by atoms with E-state index >= 15 is 0 Å². The Balaban J connectivity index is 3.02. The largest absolute Gasteiger partial charge is 0.388 e. The number of hydrogen-bond donors (Lipinski definition) is 1. The van der Waals surface area contributed by atoms with Crippen molar-refractivity contribution in [1.82, 2.24) is 0 Å². The van der Waals surface area contributed by atoms with Gasteiger partial charge in [0.2, 0.25) is 0 Å². The standard InChI is InChI=1S/C10H11BrF2O/c1-2-3-10(14)6-4-8(12)9(13)5-7(6)11/h4-5,10,14H,2-3H2,1H3/t10-/m1/s1.